The fourth-order valence-electron chi connectivity index (χ4n) is 5.81. The van der Waals surface area contributed by atoms with Crippen LogP contribution in [-0.2, 0) is 17.8 Å². The van der Waals surface area contributed by atoms with Gasteiger partial charge in [-0.1, -0.05) is 6.07 Å². The standard InChI is InChI=1S/C25H29N5O2/c1-18-19(2-3-20-21(18)16-32-24(20)31)5-11-28-12-6-25(7-13-28)8-14-29(17-25)23-22-4-9-27-30(22)15-10-26-23/h2-4,9-10,15H,5-8,11-14,16-17H2,1H3. The van der Waals surface area contributed by atoms with Crippen molar-refractivity contribution in [3.8, 4) is 0 Å². The number of aromatic nitrogens is 3. The zero-order valence-electron chi connectivity index (χ0n) is 18.6. The minimum atomic E-state index is -0.179. The van der Waals surface area contributed by atoms with Crippen molar-refractivity contribution in [2.24, 2.45) is 5.41 Å². The van der Waals surface area contributed by atoms with Gasteiger partial charge in [-0.25, -0.2) is 14.3 Å². The number of hydrogen-bond acceptors (Lipinski definition) is 6. The lowest BCUT2D eigenvalue weighted by atomic mass is 9.77. The normalized spacial score (nSPS) is 20.3. The SMILES string of the molecule is Cc1c(CCN2CCC3(CC2)CCN(c2nccn4nccc24)C3)ccc2c1COC2=O. The molecule has 3 aromatic rings. The van der Waals surface area contributed by atoms with E-state index in [1.165, 1.54) is 30.4 Å². The molecule has 3 aliphatic rings. The number of carbonyl (C=O) groups excluding carboxylic acids is 1. The number of ether oxygens (including phenoxy) is 1. The number of anilines is 1. The van der Waals surface area contributed by atoms with Gasteiger partial charge in [-0.2, -0.15) is 5.10 Å². The van der Waals surface area contributed by atoms with Gasteiger partial charge in [0.1, 0.15) is 12.1 Å². The fraction of sp³-hybridized carbons (Fsp3) is 0.480. The van der Waals surface area contributed by atoms with Gasteiger partial charge >= 0.3 is 5.97 Å². The molecule has 0 N–H and O–H groups in total. The predicted octanol–water partition coefficient (Wildman–Crippen LogP) is 3.24. The summed E-state index contributed by atoms with van der Waals surface area (Å²) >= 11 is 0. The van der Waals surface area contributed by atoms with E-state index in [9.17, 15) is 4.79 Å². The highest BCUT2D eigenvalue weighted by Gasteiger charge is 2.41. The first-order valence-electron chi connectivity index (χ1n) is 11.7. The first-order chi connectivity index (χ1) is 15.6. The van der Waals surface area contributed by atoms with Crippen molar-refractivity contribution in [1.82, 2.24) is 19.5 Å². The van der Waals surface area contributed by atoms with Crippen LogP contribution in [0.3, 0.4) is 0 Å². The molecule has 166 valence electrons. The second-order valence-corrected chi connectivity index (χ2v) is 9.63. The number of rotatable bonds is 4. The third-order valence-electron chi connectivity index (χ3n) is 7.93. The van der Waals surface area contributed by atoms with E-state index in [1.807, 2.05) is 29.2 Å². The second kappa shape index (κ2) is 7.59. The van der Waals surface area contributed by atoms with Crippen molar-refractivity contribution in [3.05, 3.63) is 59.0 Å². The van der Waals surface area contributed by atoms with Crippen LogP contribution in [0.2, 0.25) is 0 Å². The highest BCUT2D eigenvalue weighted by atomic mass is 16.5. The van der Waals surface area contributed by atoms with Crippen LogP contribution in [0.5, 0.6) is 0 Å². The van der Waals surface area contributed by atoms with E-state index < -0.39 is 0 Å². The Morgan fingerprint density at radius 3 is 2.81 bits per heavy atom. The Bertz CT molecular complexity index is 1180. The lowest BCUT2D eigenvalue weighted by Crippen LogP contribution is -2.42. The molecule has 0 unspecified atom stereocenters. The van der Waals surface area contributed by atoms with Crippen molar-refractivity contribution in [3.63, 3.8) is 0 Å². The fourth-order valence-corrected chi connectivity index (χ4v) is 5.81. The molecule has 0 radical (unpaired) electrons. The number of fused-ring (bicyclic) bond motifs is 2. The van der Waals surface area contributed by atoms with Crippen molar-refractivity contribution in [1.29, 1.82) is 0 Å². The summed E-state index contributed by atoms with van der Waals surface area (Å²) in [6.07, 6.45) is 10.4. The summed E-state index contributed by atoms with van der Waals surface area (Å²) in [5, 5.41) is 4.36. The van der Waals surface area contributed by atoms with Gasteiger partial charge in [0, 0.05) is 37.6 Å². The van der Waals surface area contributed by atoms with Gasteiger partial charge in [0.15, 0.2) is 5.82 Å². The molecule has 5 heterocycles. The van der Waals surface area contributed by atoms with Gasteiger partial charge in [0.2, 0.25) is 0 Å². The smallest absolute Gasteiger partial charge is 0.338 e. The van der Waals surface area contributed by atoms with Crippen molar-refractivity contribution in [2.75, 3.05) is 37.6 Å². The molecule has 0 saturated carbocycles. The van der Waals surface area contributed by atoms with Gasteiger partial charge in [-0.15, -0.1) is 0 Å². The average Bonchev–Trinajstić information content (AvgIpc) is 3.54. The van der Waals surface area contributed by atoms with Crippen molar-refractivity contribution < 1.29 is 9.53 Å². The maximum absolute atomic E-state index is 11.8. The molecule has 0 amide bonds. The Kier molecular flexibility index (Phi) is 4.68. The Labute approximate surface area is 188 Å². The van der Waals surface area contributed by atoms with Crippen LogP contribution in [-0.4, -0.2) is 58.2 Å². The molecule has 2 aromatic heterocycles. The van der Waals surface area contributed by atoms with Crippen LogP contribution < -0.4 is 4.90 Å². The van der Waals surface area contributed by atoms with Gasteiger partial charge in [0.05, 0.1) is 11.8 Å². The molecule has 0 aliphatic carbocycles. The van der Waals surface area contributed by atoms with E-state index in [2.05, 4.69) is 38.9 Å². The van der Waals surface area contributed by atoms with E-state index in [0.29, 0.717) is 12.0 Å². The Balaban J connectivity index is 1.07. The number of benzene rings is 1. The monoisotopic (exact) mass is 431 g/mol. The van der Waals surface area contributed by atoms with E-state index in [4.69, 9.17) is 4.74 Å². The molecule has 7 heteroatoms. The van der Waals surface area contributed by atoms with E-state index >= 15 is 0 Å². The molecule has 32 heavy (non-hydrogen) atoms. The van der Waals surface area contributed by atoms with E-state index in [1.54, 1.807) is 0 Å². The lowest BCUT2D eigenvalue weighted by Gasteiger charge is -2.39. The number of cyclic esters (lactones) is 1. The highest BCUT2D eigenvalue weighted by molar-refractivity contribution is 5.93. The van der Waals surface area contributed by atoms with Crippen LogP contribution in [0.4, 0.5) is 5.82 Å². The van der Waals surface area contributed by atoms with Crippen LogP contribution in [0.15, 0.2) is 36.8 Å². The minimum absolute atomic E-state index is 0.179. The first-order valence-corrected chi connectivity index (χ1v) is 11.7. The summed E-state index contributed by atoms with van der Waals surface area (Å²) in [5.74, 6) is 0.889. The number of nitrogens with zero attached hydrogens (tertiary/aromatic N) is 5. The summed E-state index contributed by atoms with van der Waals surface area (Å²) < 4.78 is 7.12. The average molecular weight is 432 g/mol. The molecule has 2 fully saturated rings. The van der Waals surface area contributed by atoms with Crippen molar-refractivity contribution >= 4 is 17.3 Å². The Morgan fingerprint density at radius 1 is 1.09 bits per heavy atom. The quantitative estimate of drug-likeness (QED) is 0.591. The number of esters is 1. The molecule has 1 aromatic carbocycles. The number of piperidine rings is 1. The Morgan fingerprint density at radius 2 is 1.94 bits per heavy atom. The molecule has 6 rings (SSSR count). The lowest BCUT2D eigenvalue weighted by molar-refractivity contribution is 0.0535. The molecular weight excluding hydrogens is 402 g/mol. The molecule has 7 nitrogen and oxygen atoms in total. The minimum Gasteiger partial charge on any atom is -0.457 e. The van der Waals surface area contributed by atoms with E-state index in [0.717, 1.165) is 61.6 Å². The van der Waals surface area contributed by atoms with E-state index in [-0.39, 0.29) is 5.97 Å². The van der Waals surface area contributed by atoms with Crippen LogP contribution in [0.25, 0.3) is 5.52 Å². The number of hydrogen-bond donors (Lipinski definition) is 0. The van der Waals surface area contributed by atoms with Crippen LogP contribution in [0, 0.1) is 12.3 Å². The largest absolute Gasteiger partial charge is 0.457 e. The van der Waals surface area contributed by atoms with Gasteiger partial charge in [0.25, 0.3) is 0 Å². The molecule has 0 bridgehead atoms. The topological polar surface area (TPSA) is 63.0 Å². The summed E-state index contributed by atoms with van der Waals surface area (Å²) in [4.78, 5) is 21.5. The maximum atomic E-state index is 11.8. The first kappa shape index (κ1) is 19.7. The van der Waals surface area contributed by atoms with Crippen molar-refractivity contribution in [2.45, 2.75) is 39.2 Å². The third kappa shape index (κ3) is 3.26. The highest BCUT2D eigenvalue weighted by Crippen LogP contribution is 2.42. The zero-order chi connectivity index (χ0) is 21.7. The van der Waals surface area contributed by atoms with Crippen LogP contribution in [0.1, 0.15) is 46.3 Å². The Hall–Kier alpha value is -2.93. The molecular formula is C25H29N5O2. The summed E-state index contributed by atoms with van der Waals surface area (Å²) in [5.41, 5.74) is 5.91. The van der Waals surface area contributed by atoms with Gasteiger partial charge in [-0.3, -0.25) is 0 Å². The molecule has 0 atom stereocenters. The third-order valence-corrected chi connectivity index (χ3v) is 7.93. The number of carbonyl (C=O) groups is 1. The summed E-state index contributed by atoms with van der Waals surface area (Å²) in [7, 11) is 0. The second-order valence-electron chi connectivity index (χ2n) is 9.63. The van der Waals surface area contributed by atoms with Gasteiger partial charge in [-0.05, 0) is 74.4 Å². The summed E-state index contributed by atoms with van der Waals surface area (Å²) in [6, 6.07) is 6.12. The number of likely N-dealkylation sites (tertiary alicyclic amines) is 1. The maximum Gasteiger partial charge on any atom is 0.338 e. The predicted molar refractivity (Wildman–Crippen MR) is 122 cm³/mol. The molecule has 2 saturated heterocycles. The van der Waals surface area contributed by atoms with Crippen LogP contribution >= 0.6 is 0 Å². The zero-order valence-corrected chi connectivity index (χ0v) is 18.6. The van der Waals surface area contributed by atoms with Gasteiger partial charge < -0.3 is 14.5 Å². The summed E-state index contributed by atoms with van der Waals surface area (Å²) in [6.45, 7) is 8.12. The molecule has 1 spiro atoms. The molecule has 3 aliphatic heterocycles.